The quantitative estimate of drug-likeness (QED) is 0.316. The Labute approximate surface area is 189 Å². The summed E-state index contributed by atoms with van der Waals surface area (Å²) in [6.07, 6.45) is 0.581. The van der Waals surface area contributed by atoms with Gasteiger partial charge in [-0.05, 0) is 37.1 Å². The molecule has 2 rings (SSSR count). The van der Waals surface area contributed by atoms with Crippen LogP contribution in [-0.4, -0.2) is 43.2 Å². The number of rotatable bonds is 10. The molecule has 0 atom stereocenters. The van der Waals surface area contributed by atoms with Crippen molar-refractivity contribution >= 4 is 34.8 Å². The molecule has 0 aliphatic rings. The van der Waals surface area contributed by atoms with Gasteiger partial charge >= 0.3 is 0 Å². The highest BCUT2D eigenvalue weighted by atomic mass is 35.5. The fraction of sp³-hybridized carbons (Fsp3) is 0.286. The SMILES string of the molecule is COc1ccc(CCNC(=O)C/C(C)=N\NC(=O)c2ccc([N+](=O)[O-])cc2Cl)cc1OC. The van der Waals surface area contributed by atoms with Crippen molar-refractivity contribution in [2.24, 2.45) is 5.10 Å². The van der Waals surface area contributed by atoms with Crippen molar-refractivity contribution in [3.8, 4) is 11.5 Å². The van der Waals surface area contributed by atoms with Gasteiger partial charge in [-0.25, -0.2) is 5.43 Å². The first-order chi connectivity index (χ1) is 15.2. The van der Waals surface area contributed by atoms with Crippen LogP contribution in [0.1, 0.15) is 29.3 Å². The zero-order valence-corrected chi connectivity index (χ0v) is 18.6. The summed E-state index contributed by atoms with van der Waals surface area (Å²) in [4.78, 5) is 34.4. The number of benzene rings is 2. The number of halogens is 1. The second kappa shape index (κ2) is 11.7. The molecule has 0 unspecified atom stereocenters. The molecule has 0 heterocycles. The largest absolute Gasteiger partial charge is 0.493 e. The van der Waals surface area contributed by atoms with Gasteiger partial charge in [-0.2, -0.15) is 5.10 Å². The van der Waals surface area contributed by atoms with Crippen LogP contribution >= 0.6 is 11.6 Å². The number of carbonyl (C=O) groups is 2. The fourth-order valence-corrected chi connectivity index (χ4v) is 2.99. The molecular weight excluding hydrogens is 440 g/mol. The second-order valence-corrected chi connectivity index (χ2v) is 7.08. The Bertz CT molecular complexity index is 1040. The summed E-state index contributed by atoms with van der Waals surface area (Å²) in [7, 11) is 3.12. The predicted octanol–water partition coefficient (Wildman–Crippen LogP) is 3.12. The third-order valence-electron chi connectivity index (χ3n) is 4.36. The minimum atomic E-state index is -0.641. The van der Waals surface area contributed by atoms with Crippen LogP contribution in [0.25, 0.3) is 0 Å². The molecule has 0 saturated heterocycles. The molecule has 11 heteroatoms. The van der Waals surface area contributed by atoms with Crippen LogP contribution in [0.15, 0.2) is 41.5 Å². The number of ether oxygens (including phenoxy) is 2. The van der Waals surface area contributed by atoms with Crippen LogP contribution in [0, 0.1) is 10.1 Å². The topological polar surface area (TPSA) is 132 Å². The van der Waals surface area contributed by atoms with E-state index in [1.165, 1.54) is 12.1 Å². The van der Waals surface area contributed by atoms with Crippen LogP contribution in [-0.2, 0) is 11.2 Å². The third kappa shape index (κ3) is 6.95. The highest BCUT2D eigenvalue weighted by Crippen LogP contribution is 2.27. The van der Waals surface area contributed by atoms with E-state index in [9.17, 15) is 19.7 Å². The van der Waals surface area contributed by atoms with Gasteiger partial charge in [-0.3, -0.25) is 19.7 Å². The van der Waals surface area contributed by atoms with Gasteiger partial charge in [0.1, 0.15) is 0 Å². The van der Waals surface area contributed by atoms with E-state index < -0.39 is 10.8 Å². The van der Waals surface area contributed by atoms with E-state index in [0.717, 1.165) is 11.6 Å². The van der Waals surface area contributed by atoms with Crippen molar-refractivity contribution in [2.75, 3.05) is 20.8 Å². The first-order valence-electron chi connectivity index (χ1n) is 9.50. The highest BCUT2D eigenvalue weighted by molar-refractivity contribution is 6.34. The summed E-state index contributed by atoms with van der Waals surface area (Å²) in [6.45, 7) is 2.00. The maximum absolute atomic E-state index is 12.2. The molecule has 0 spiro atoms. The molecule has 0 aromatic heterocycles. The number of methoxy groups -OCH3 is 2. The molecule has 0 bridgehead atoms. The van der Waals surface area contributed by atoms with Crippen LogP contribution in [0.2, 0.25) is 5.02 Å². The predicted molar refractivity (Wildman–Crippen MR) is 120 cm³/mol. The molecule has 0 aliphatic heterocycles. The average molecular weight is 463 g/mol. The maximum atomic E-state index is 12.2. The van der Waals surface area contributed by atoms with Crippen molar-refractivity contribution in [2.45, 2.75) is 19.8 Å². The molecule has 2 amide bonds. The Hall–Kier alpha value is -3.66. The number of nitro groups is 1. The summed E-state index contributed by atoms with van der Waals surface area (Å²) in [6, 6.07) is 9.02. The summed E-state index contributed by atoms with van der Waals surface area (Å²) in [5.41, 5.74) is 3.45. The summed E-state index contributed by atoms with van der Waals surface area (Å²) in [5.74, 6) is 0.347. The Morgan fingerprint density at radius 3 is 2.47 bits per heavy atom. The van der Waals surface area contributed by atoms with E-state index >= 15 is 0 Å². The number of nitrogens with one attached hydrogen (secondary N) is 2. The second-order valence-electron chi connectivity index (χ2n) is 6.68. The molecule has 0 aliphatic carbocycles. The van der Waals surface area contributed by atoms with Gasteiger partial charge in [-0.1, -0.05) is 17.7 Å². The lowest BCUT2D eigenvalue weighted by atomic mass is 10.1. The Morgan fingerprint density at radius 2 is 1.84 bits per heavy atom. The van der Waals surface area contributed by atoms with Crippen LogP contribution < -0.4 is 20.2 Å². The number of carbonyl (C=O) groups excluding carboxylic acids is 2. The fourth-order valence-electron chi connectivity index (χ4n) is 2.72. The summed E-state index contributed by atoms with van der Waals surface area (Å²) < 4.78 is 10.5. The molecule has 32 heavy (non-hydrogen) atoms. The Balaban J connectivity index is 1.83. The lowest BCUT2D eigenvalue weighted by Gasteiger charge is -2.10. The van der Waals surface area contributed by atoms with E-state index in [4.69, 9.17) is 21.1 Å². The maximum Gasteiger partial charge on any atom is 0.272 e. The summed E-state index contributed by atoms with van der Waals surface area (Å²) in [5, 5.41) is 17.3. The lowest BCUT2D eigenvalue weighted by Crippen LogP contribution is -2.28. The monoisotopic (exact) mass is 462 g/mol. The molecule has 2 N–H and O–H groups in total. The highest BCUT2D eigenvalue weighted by Gasteiger charge is 2.15. The van der Waals surface area contributed by atoms with Gasteiger partial charge in [0.05, 0.1) is 36.1 Å². The van der Waals surface area contributed by atoms with Gasteiger partial charge in [0.2, 0.25) is 5.91 Å². The molecule has 2 aromatic rings. The van der Waals surface area contributed by atoms with E-state index in [1.54, 1.807) is 27.2 Å². The molecule has 0 radical (unpaired) electrons. The Morgan fingerprint density at radius 1 is 1.12 bits per heavy atom. The first kappa shape index (κ1) is 24.6. The Kier molecular flexibility index (Phi) is 8.96. The third-order valence-corrected chi connectivity index (χ3v) is 4.67. The number of amides is 2. The molecule has 2 aromatic carbocycles. The van der Waals surface area contributed by atoms with Crippen molar-refractivity contribution in [3.05, 3.63) is 62.7 Å². The number of hydrogen-bond donors (Lipinski definition) is 2. The van der Waals surface area contributed by atoms with Gasteiger partial charge < -0.3 is 14.8 Å². The minimum Gasteiger partial charge on any atom is -0.493 e. The molecule has 0 fully saturated rings. The lowest BCUT2D eigenvalue weighted by molar-refractivity contribution is -0.384. The zero-order valence-electron chi connectivity index (χ0n) is 17.8. The van der Waals surface area contributed by atoms with Crippen LogP contribution in [0.4, 0.5) is 5.69 Å². The average Bonchev–Trinajstić information content (AvgIpc) is 2.77. The van der Waals surface area contributed by atoms with Crippen molar-refractivity contribution in [3.63, 3.8) is 0 Å². The van der Waals surface area contributed by atoms with Crippen LogP contribution in [0.3, 0.4) is 0 Å². The van der Waals surface area contributed by atoms with Crippen LogP contribution in [0.5, 0.6) is 11.5 Å². The smallest absolute Gasteiger partial charge is 0.272 e. The zero-order chi connectivity index (χ0) is 23.7. The van der Waals surface area contributed by atoms with E-state index in [0.29, 0.717) is 30.2 Å². The molecule has 170 valence electrons. The number of hydrazone groups is 1. The standard InChI is InChI=1S/C21H23ClN4O6/c1-13(24-25-21(28)16-6-5-15(26(29)30)12-17(16)22)10-20(27)23-9-8-14-4-7-18(31-2)19(11-14)32-3/h4-7,11-12H,8-10H2,1-3H3,(H,23,27)(H,25,28)/b24-13-. The molecule has 10 nitrogen and oxygen atoms in total. The summed E-state index contributed by atoms with van der Waals surface area (Å²) >= 11 is 5.92. The normalized spacial score (nSPS) is 10.9. The number of hydrogen-bond acceptors (Lipinski definition) is 7. The van der Waals surface area contributed by atoms with Crippen molar-refractivity contribution < 1.29 is 24.0 Å². The number of nitro benzene ring substituents is 1. The van der Waals surface area contributed by atoms with E-state index in [1.807, 2.05) is 12.1 Å². The van der Waals surface area contributed by atoms with Gasteiger partial charge in [0, 0.05) is 24.4 Å². The molecular formula is C21H23ClN4O6. The first-order valence-corrected chi connectivity index (χ1v) is 9.88. The van der Waals surface area contributed by atoms with Crippen molar-refractivity contribution in [1.29, 1.82) is 0 Å². The van der Waals surface area contributed by atoms with Crippen molar-refractivity contribution in [1.82, 2.24) is 10.7 Å². The minimum absolute atomic E-state index is 0.0137. The van der Waals surface area contributed by atoms with Gasteiger partial charge in [-0.15, -0.1) is 0 Å². The molecule has 0 saturated carbocycles. The van der Waals surface area contributed by atoms with Gasteiger partial charge in [0.15, 0.2) is 11.5 Å². The van der Waals surface area contributed by atoms with Gasteiger partial charge in [0.25, 0.3) is 11.6 Å². The van der Waals surface area contributed by atoms with E-state index in [-0.39, 0.29) is 28.6 Å². The van der Waals surface area contributed by atoms with E-state index in [2.05, 4.69) is 15.8 Å². The number of non-ortho nitro benzene ring substituents is 1. The number of nitrogens with zero attached hydrogens (tertiary/aromatic N) is 2.